The van der Waals surface area contributed by atoms with Crippen molar-refractivity contribution in [2.45, 2.75) is 31.6 Å². The first-order valence-corrected chi connectivity index (χ1v) is 8.33. The lowest BCUT2D eigenvalue weighted by Gasteiger charge is -2.14. The quantitative estimate of drug-likeness (QED) is 0.809. The van der Waals surface area contributed by atoms with E-state index in [-0.39, 0.29) is 4.90 Å². The summed E-state index contributed by atoms with van der Waals surface area (Å²) < 4.78 is 32.7. The van der Waals surface area contributed by atoms with Crippen molar-refractivity contribution in [2.24, 2.45) is 5.92 Å². The topological polar surface area (TPSA) is 81.4 Å². The fourth-order valence-corrected chi connectivity index (χ4v) is 3.92. The van der Waals surface area contributed by atoms with Crippen LogP contribution in [0.1, 0.15) is 24.0 Å². The van der Waals surface area contributed by atoms with Crippen LogP contribution in [0.2, 0.25) is 0 Å². The van der Waals surface area contributed by atoms with Crippen molar-refractivity contribution in [3.05, 3.63) is 23.3 Å². The van der Waals surface area contributed by atoms with E-state index in [0.29, 0.717) is 23.7 Å². The predicted molar refractivity (Wildman–Crippen MR) is 79.1 cm³/mol. The molecule has 2 rings (SSSR count). The van der Waals surface area contributed by atoms with Crippen LogP contribution >= 0.6 is 0 Å². The number of rotatable bonds is 5. The molecule has 112 valence electrons. The van der Waals surface area contributed by atoms with Gasteiger partial charge in [0, 0.05) is 19.8 Å². The van der Waals surface area contributed by atoms with E-state index >= 15 is 0 Å². The van der Waals surface area contributed by atoms with Gasteiger partial charge in [0.15, 0.2) is 0 Å². The second kappa shape index (κ2) is 6.11. The minimum atomic E-state index is -3.55. The Kier molecular flexibility index (Phi) is 4.67. The summed E-state index contributed by atoms with van der Waals surface area (Å²) in [4.78, 5) is 0.208. The van der Waals surface area contributed by atoms with Crippen molar-refractivity contribution >= 4 is 15.7 Å². The van der Waals surface area contributed by atoms with Crippen LogP contribution in [0.25, 0.3) is 0 Å². The summed E-state index contributed by atoms with van der Waals surface area (Å²) in [6, 6.07) is 3.47. The highest BCUT2D eigenvalue weighted by Crippen LogP contribution is 2.25. The second-order valence-corrected chi connectivity index (χ2v) is 7.05. The monoisotopic (exact) mass is 298 g/mol. The zero-order valence-electron chi connectivity index (χ0n) is 12.0. The van der Waals surface area contributed by atoms with Crippen molar-refractivity contribution in [3.63, 3.8) is 0 Å². The standard InChI is InChI=1S/C14H22N2O3S/c1-10-3-4-13(15)14(11(10)2)20(17,18)16-7-5-12-6-8-19-9-12/h3-4,12,16H,5-9,15H2,1-2H3. The first-order valence-electron chi connectivity index (χ1n) is 6.85. The van der Waals surface area contributed by atoms with Crippen LogP contribution in [0, 0.1) is 19.8 Å². The Hall–Kier alpha value is -1.11. The van der Waals surface area contributed by atoms with Crippen LogP contribution < -0.4 is 10.5 Å². The molecule has 1 atom stereocenters. The Balaban J connectivity index is 2.08. The normalized spacial score (nSPS) is 19.4. The fraction of sp³-hybridized carbons (Fsp3) is 0.571. The van der Waals surface area contributed by atoms with E-state index in [1.807, 2.05) is 13.0 Å². The van der Waals surface area contributed by atoms with E-state index in [1.54, 1.807) is 13.0 Å². The highest BCUT2D eigenvalue weighted by atomic mass is 32.2. The van der Waals surface area contributed by atoms with Gasteiger partial charge in [-0.15, -0.1) is 0 Å². The van der Waals surface area contributed by atoms with Gasteiger partial charge in [0.1, 0.15) is 4.90 Å². The second-order valence-electron chi connectivity index (χ2n) is 5.34. The molecule has 1 aliphatic heterocycles. The number of aryl methyl sites for hydroxylation is 1. The van der Waals surface area contributed by atoms with E-state index in [1.165, 1.54) is 0 Å². The molecule has 0 aromatic heterocycles. The smallest absolute Gasteiger partial charge is 0.242 e. The number of nitrogens with two attached hydrogens (primary N) is 1. The maximum atomic E-state index is 12.4. The number of benzene rings is 1. The SMILES string of the molecule is Cc1ccc(N)c(S(=O)(=O)NCCC2CCOC2)c1C. The van der Waals surface area contributed by atoms with Crippen LogP contribution in [-0.4, -0.2) is 28.2 Å². The van der Waals surface area contributed by atoms with Gasteiger partial charge < -0.3 is 10.5 Å². The van der Waals surface area contributed by atoms with E-state index < -0.39 is 10.0 Å². The molecule has 6 heteroatoms. The number of anilines is 1. The number of hydrogen-bond donors (Lipinski definition) is 2. The molecule has 0 bridgehead atoms. The molecular weight excluding hydrogens is 276 g/mol. The van der Waals surface area contributed by atoms with E-state index in [4.69, 9.17) is 10.5 Å². The first kappa shape index (κ1) is 15.3. The highest BCUT2D eigenvalue weighted by Gasteiger charge is 2.22. The van der Waals surface area contributed by atoms with Gasteiger partial charge >= 0.3 is 0 Å². The zero-order chi connectivity index (χ0) is 14.8. The third-order valence-electron chi connectivity index (χ3n) is 3.84. The maximum Gasteiger partial charge on any atom is 0.242 e. The van der Waals surface area contributed by atoms with Crippen LogP contribution in [0.15, 0.2) is 17.0 Å². The molecule has 3 N–H and O–H groups in total. The molecule has 0 aliphatic carbocycles. The van der Waals surface area contributed by atoms with Crippen LogP contribution in [0.3, 0.4) is 0 Å². The molecule has 1 heterocycles. The van der Waals surface area contributed by atoms with Crippen molar-refractivity contribution < 1.29 is 13.2 Å². The van der Waals surface area contributed by atoms with Crippen molar-refractivity contribution in [2.75, 3.05) is 25.5 Å². The third-order valence-corrected chi connectivity index (χ3v) is 5.51. The minimum absolute atomic E-state index is 0.208. The molecule has 1 fully saturated rings. The van der Waals surface area contributed by atoms with E-state index in [0.717, 1.165) is 31.6 Å². The zero-order valence-corrected chi connectivity index (χ0v) is 12.8. The van der Waals surface area contributed by atoms with Gasteiger partial charge in [-0.1, -0.05) is 6.07 Å². The Morgan fingerprint density at radius 2 is 2.15 bits per heavy atom. The molecule has 0 amide bonds. The molecule has 0 spiro atoms. The Labute approximate surface area is 120 Å². The Morgan fingerprint density at radius 3 is 2.80 bits per heavy atom. The van der Waals surface area contributed by atoms with E-state index in [2.05, 4.69) is 4.72 Å². The molecule has 5 nitrogen and oxygen atoms in total. The number of hydrogen-bond acceptors (Lipinski definition) is 4. The van der Waals surface area contributed by atoms with E-state index in [9.17, 15) is 8.42 Å². The lowest BCUT2D eigenvalue weighted by Crippen LogP contribution is -2.28. The molecule has 20 heavy (non-hydrogen) atoms. The first-order chi connectivity index (χ1) is 9.42. The molecule has 1 aromatic rings. The molecule has 1 unspecified atom stereocenters. The summed E-state index contributed by atoms with van der Waals surface area (Å²) >= 11 is 0. The Morgan fingerprint density at radius 1 is 1.40 bits per heavy atom. The van der Waals surface area contributed by atoms with Gasteiger partial charge in [-0.2, -0.15) is 0 Å². The molecule has 1 aromatic carbocycles. The molecule has 0 saturated carbocycles. The van der Waals surface area contributed by atoms with Crippen molar-refractivity contribution in [3.8, 4) is 0 Å². The summed E-state index contributed by atoms with van der Waals surface area (Å²) in [7, 11) is -3.55. The third kappa shape index (κ3) is 3.31. The summed E-state index contributed by atoms with van der Waals surface area (Å²) in [5.41, 5.74) is 7.76. The summed E-state index contributed by atoms with van der Waals surface area (Å²) in [6.45, 7) is 5.59. The number of sulfonamides is 1. The summed E-state index contributed by atoms with van der Waals surface area (Å²) in [6.07, 6.45) is 1.80. The van der Waals surface area contributed by atoms with Crippen LogP contribution in [0.4, 0.5) is 5.69 Å². The Bertz CT molecular complexity index is 578. The average Bonchev–Trinajstić information content (AvgIpc) is 2.87. The van der Waals surface area contributed by atoms with Crippen molar-refractivity contribution in [1.29, 1.82) is 0 Å². The van der Waals surface area contributed by atoms with Gasteiger partial charge in [0.25, 0.3) is 0 Å². The lowest BCUT2D eigenvalue weighted by molar-refractivity contribution is 0.184. The van der Waals surface area contributed by atoms with Crippen LogP contribution in [0.5, 0.6) is 0 Å². The van der Waals surface area contributed by atoms with Gasteiger partial charge in [-0.05, 0) is 49.8 Å². The van der Waals surface area contributed by atoms with Gasteiger partial charge in [-0.25, -0.2) is 13.1 Å². The van der Waals surface area contributed by atoms with Gasteiger partial charge in [-0.3, -0.25) is 0 Å². The summed E-state index contributed by atoms with van der Waals surface area (Å²) in [5, 5.41) is 0. The minimum Gasteiger partial charge on any atom is -0.398 e. The number of nitrogen functional groups attached to an aromatic ring is 1. The highest BCUT2D eigenvalue weighted by molar-refractivity contribution is 7.89. The van der Waals surface area contributed by atoms with Gasteiger partial charge in [0.05, 0.1) is 5.69 Å². The molecule has 0 radical (unpaired) electrons. The molecule has 1 saturated heterocycles. The number of nitrogens with one attached hydrogen (secondary N) is 1. The van der Waals surface area contributed by atoms with Gasteiger partial charge in [0.2, 0.25) is 10.0 Å². The number of ether oxygens (including phenoxy) is 1. The maximum absolute atomic E-state index is 12.4. The fourth-order valence-electron chi connectivity index (χ4n) is 2.45. The molecular formula is C14H22N2O3S. The van der Waals surface area contributed by atoms with Crippen molar-refractivity contribution in [1.82, 2.24) is 4.72 Å². The average molecular weight is 298 g/mol. The van der Waals surface area contributed by atoms with Crippen LogP contribution in [-0.2, 0) is 14.8 Å². The lowest BCUT2D eigenvalue weighted by atomic mass is 10.1. The summed E-state index contributed by atoms with van der Waals surface area (Å²) in [5.74, 6) is 0.452. The largest absolute Gasteiger partial charge is 0.398 e. The predicted octanol–water partition coefficient (Wildman–Crippen LogP) is 1.59. The molecule has 1 aliphatic rings.